The summed E-state index contributed by atoms with van der Waals surface area (Å²) < 4.78 is 5.80. The molecule has 0 aromatic heterocycles. The van der Waals surface area contributed by atoms with Crippen molar-refractivity contribution in [3.8, 4) is 0 Å². The lowest BCUT2D eigenvalue weighted by Gasteiger charge is -2.39. The Morgan fingerprint density at radius 3 is 2.83 bits per heavy atom. The highest BCUT2D eigenvalue weighted by atomic mass is 16.5. The Morgan fingerprint density at radius 2 is 2.11 bits per heavy atom. The maximum atomic E-state index is 5.80. The SMILES string of the molecule is CCC1COC(C)CN1CC1CC12CCNCC2. The van der Waals surface area contributed by atoms with Gasteiger partial charge in [0, 0.05) is 19.1 Å². The first-order chi connectivity index (χ1) is 8.73. The molecule has 3 aliphatic rings. The van der Waals surface area contributed by atoms with E-state index in [4.69, 9.17) is 4.74 Å². The maximum Gasteiger partial charge on any atom is 0.0674 e. The number of rotatable bonds is 3. The van der Waals surface area contributed by atoms with Crippen LogP contribution in [-0.2, 0) is 4.74 Å². The van der Waals surface area contributed by atoms with Crippen molar-refractivity contribution in [2.24, 2.45) is 11.3 Å². The molecular formula is C15H28N2O. The van der Waals surface area contributed by atoms with Gasteiger partial charge in [-0.1, -0.05) is 6.92 Å². The van der Waals surface area contributed by atoms with Gasteiger partial charge in [-0.25, -0.2) is 0 Å². The van der Waals surface area contributed by atoms with Crippen molar-refractivity contribution >= 4 is 0 Å². The van der Waals surface area contributed by atoms with Gasteiger partial charge in [-0.15, -0.1) is 0 Å². The van der Waals surface area contributed by atoms with Crippen LogP contribution in [0.15, 0.2) is 0 Å². The van der Waals surface area contributed by atoms with E-state index in [9.17, 15) is 0 Å². The Morgan fingerprint density at radius 1 is 1.33 bits per heavy atom. The molecule has 1 saturated carbocycles. The van der Waals surface area contributed by atoms with E-state index in [1.54, 1.807) is 0 Å². The number of hydrogen-bond acceptors (Lipinski definition) is 3. The summed E-state index contributed by atoms with van der Waals surface area (Å²) in [5.74, 6) is 0.971. The van der Waals surface area contributed by atoms with E-state index < -0.39 is 0 Å². The largest absolute Gasteiger partial charge is 0.376 e. The number of piperidine rings is 1. The first-order valence-electron chi connectivity index (χ1n) is 7.80. The molecule has 1 spiro atoms. The first-order valence-corrected chi connectivity index (χ1v) is 7.80. The Labute approximate surface area is 111 Å². The lowest BCUT2D eigenvalue weighted by Crippen LogP contribution is -2.49. The van der Waals surface area contributed by atoms with Crippen molar-refractivity contribution < 1.29 is 4.74 Å². The van der Waals surface area contributed by atoms with Gasteiger partial charge in [0.15, 0.2) is 0 Å². The van der Waals surface area contributed by atoms with E-state index in [1.165, 1.54) is 45.3 Å². The van der Waals surface area contributed by atoms with Crippen LogP contribution >= 0.6 is 0 Å². The summed E-state index contributed by atoms with van der Waals surface area (Å²) >= 11 is 0. The number of nitrogens with zero attached hydrogens (tertiary/aromatic N) is 1. The number of morpholine rings is 1. The molecule has 3 fully saturated rings. The van der Waals surface area contributed by atoms with Gasteiger partial charge in [0.1, 0.15) is 0 Å². The molecule has 3 atom stereocenters. The van der Waals surface area contributed by atoms with Gasteiger partial charge in [0.05, 0.1) is 12.7 Å². The van der Waals surface area contributed by atoms with E-state index in [2.05, 4.69) is 24.1 Å². The molecule has 0 aromatic rings. The van der Waals surface area contributed by atoms with E-state index in [0.29, 0.717) is 12.1 Å². The summed E-state index contributed by atoms with van der Waals surface area (Å²) in [6.45, 7) is 10.4. The summed E-state index contributed by atoms with van der Waals surface area (Å²) in [5, 5.41) is 3.50. The highest BCUT2D eigenvalue weighted by molar-refractivity contribution is 5.05. The summed E-state index contributed by atoms with van der Waals surface area (Å²) in [6, 6.07) is 0.667. The molecule has 3 unspecified atom stereocenters. The Bertz CT molecular complexity index is 288. The van der Waals surface area contributed by atoms with Crippen LogP contribution in [0.2, 0.25) is 0 Å². The fourth-order valence-electron chi connectivity index (χ4n) is 4.02. The van der Waals surface area contributed by atoms with Crippen LogP contribution in [0.25, 0.3) is 0 Å². The minimum Gasteiger partial charge on any atom is -0.376 e. The Balaban J connectivity index is 1.55. The molecule has 2 aliphatic heterocycles. The second-order valence-corrected chi connectivity index (χ2v) is 6.67. The third-order valence-electron chi connectivity index (χ3n) is 5.47. The minimum atomic E-state index is 0.426. The van der Waals surface area contributed by atoms with Gasteiger partial charge in [-0.05, 0) is 57.0 Å². The number of nitrogens with one attached hydrogen (secondary N) is 1. The van der Waals surface area contributed by atoms with E-state index in [0.717, 1.165) is 24.5 Å². The predicted octanol–water partition coefficient (Wildman–Crippen LogP) is 1.88. The van der Waals surface area contributed by atoms with Crippen LogP contribution in [0.1, 0.15) is 39.5 Å². The third-order valence-corrected chi connectivity index (χ3v) is 5.47. The average molecular weight is 252 g/mol. The molecule has 3 rings (SSSR count). The van der Waals surface area contributed by atoms with Crippen molar-refractivity contribution in [1.82, 2.24) is 10.2 Å². The molecule has 0 amide bonds. The summed E-state index contributed by atoms with van der Waals surface area (Å²) in [4.78, 5) is 2.72. The normalized spacial score (nSPS) is 40.0. The van der Waals surface area contributed by atoms with Gasteiger partial charge in [0.25, 0.3) is 0 Å². The van der Waals surface area contributed by atoms with E-state index in [-0.39, 0.29) is 0 Å². The van der Waals surface area contributed by atoms with Crippen LogP contribution in [-0.4, -0.2) is 49.8 Å². The summed E-state index contributed by atoms with van der Waals surface area (Å²) in [6.07, 6.45) is 5.96. The van der Waals surface area contributed by atoms with Crippen LogP contribution in [0, 0.1) is 11.3 Å². The topological polar surface area (TPSA) is 24.5 Å². The molecule has 1 N–H and O–H groups in total. The molecule has 0 radical (unpaired) electrons. The molecule has 1 aliphatic carbocycles. The van der Waals surface area contributed by atoms with Crippen LogP contribution in [0.4, 0.5) is 0 Å². The minimum absolute atomic E-state index is 0.426. The van der Waals surface area contributed by atoms with Gasteiger partial charge in [-0.2, -0.15) is 0 Å². The van der Waals surface area contributed by atoms with Crippen molar-refractivity contribution in [2.75, 3.05) is 32.8 Å². The zero-order valence-corrected chi connectivity index (χ0v) is 12.0. The predicted molar refractivity (Wildman–Crippen MR) is 73.7 cm³/mol. The zero-order chi connectivity index (χ0) is 12.6. The van der Waals surface area contributed by atoms with E-state index >= 15 is 0 Å². The number of ether oxygens (including phenoxy) is 1. The molecule has 18 heavy (non-hydrogen) atoms. The zero-order valence-electron chi connectivity index (χ0n) is 12.0. The van der Waals surface area contributed by atoms with Crippen molar-refractivity contribution in [1.29, 1.82) is 0 Å². The van der Waals surface area contributed by atoms with Gasteiger partial charge in [0.2, 0.25) is 0 Å². The monoisotopic (exact) mass is 252 g/mol. The van der Waals surface area contributed by atoms with Crippen molar-refractivity contribution in [3.63, 3.8) is 0 Å². The van der Waals surface area contributed by atoms with Crippen molar-refractivity contribution in [3.05, 3.63) is 0 Å². The molecule has 2 saturated heterocycles. The molecule has 2 heterocycles. The van der Waals surface area contributed by atoms with Gasteiger partial charge >= 0.3 is 0 Å². The van der Waals surface area contributed by atoms with Crippen molar-refractivity contribution in [2.45, 2.75) is 51.7 Å². The molecule has 0 aromatic carbocycles. The summed E-state index contributed by atoms with van der Waals surface area (Å²) in [7, 11) is 0. The number of hydrogen-bond donors (Lipinski definition) is 1. The molecule has 3 nitrogen and oxygen atoms in total. The van der Waals surface area contributed by atoms with Gasteiger partial charge < -0.3 is 10.1 Å². The van der Waals surface area contributed by atoms with E-state index in [1.807, 2.05) is 0 Å². The summed E-state index contributed by atoms with van der Waals surface area (Å²) in [5.41, 5.74) is 0.727. The standard InChI is InChI=1S/C15H28N2O/c1-3-14-11-18-12(2)9-17(14)10-13-8-15(13)4-6-16-7-5-15/h12-14,16H,3-11H2,1-2H3. The molecule has 3 heteroatoms. The fourth-order valence-corrected chi connectivity index (χ4v) is 4.02. The second-order valence-electron chi connectivity index (χ2n) is 6.67. The molecule has 0 bridgehead atoms. The van der Waals surface area contributed by atoms with Crippen LogP contribution < -0.4 is 5.32 Å². The van der Waals surface area contributed by atoms with Gasteiger partial charge in [-0.3, -0.25) is 4.90 Å². The maximum absolute atomic E-state index is 5.80. The lowest BCUT2D eigenvalue weighted by molar-refractivity contribution is -0.0586. The Kier molecular flexibility index (Phi) is 3.65. The highest BCUT2D eigenvalue weighted by Gasteiger charge is 2.54. The third kappa shape index (κ3) is 2.45. The lowest BCUT2D eigenvalue weighted by atomic mass is 9.91. The smallest absolute Gasteiger partial charge is 0.0674 e. The van der Waals surface area contributed by atoms with Crippen LogP contribution in [0.5, 0.6) is 0 Å². The molecule has 104 valence electrons. The average Bonchev–Trinajstić information content (AvgIpc) is 3.02. The quantitative estimate of drug-likeness (QED) is 0.830. The second kappa shape index (κ2) is 5.10. The molecular weight excluding hydrogens is 224 g/mol. The fraction of sp³-hybridized carbons (Fsp3) is 1.00. The van der Waals surface area contributed by atoms with Crippen LogP contribution in [0.3, 0.4) is 0 Å². The first kappa shape index (κ1) is 12.9. The highest BCUT2D eigenvalue weighted by Crippen LogP contribution is 2.58. The Hall–Kier alpha value is -0.120.